The monoisotopic (exact) mass is 392 g/mol. The van der Waals surface area contributed by atoms with Crippen LogP contribution in [0.1, 0.15) is 50.2 Å². The summed E-state index contributed by atoms with van der Waals surface area (Å²) < 4.78 is 2.15. The van der Waals surface area contributed by atoms with E-state index >= 15 is 0 Å². The van der Waals surface area contributed by atoms with E-state index in [1.807, 2.05) is 36.8 Å². The molecule has 0 radical (unpaired) electrons. The molecule has 0 saturated heterocycles. The Balaban J connectivity index is 1.60. The molecule has 7 nitrogen and oxygen atoms in total. The summed E-state index contributed by atoms with van der Waals surface area (Å²) in [5.41, 5.74) is 3.14. The fraction of sp³-hybridized carbons (Fsp3) is 0.409. The molecule has 2 N–H and O–H groups in total. The largest absolute Gasteiger partial charge is 0.389 e. The number of aliphatic hydroxyl groups is 1. The number of anilines is 1. The van der Waals surface area contributed by atoms with Gasteiger partial charge in [0.1, 0.15) is 17.7 Å². The highest BCUT2D eigenvalue weighted by Crippen LogP contribution is 2.31. The zero-order valence-corrected chi connectivity index (χ0v) is 17.2. The van der Waals surface area contributed by atoms with Crippen LogP contribution in [-0.2, 0) is 0 Å². The van der Waals surface area contributed by atoms with Gasteiger partial charge < -0.3 is 19.9 Å². The van der Waals surface area contributed by atoms with Crippen LogP contribution in [0.25, 0.3) is 0 Å². The minimum absolute atomic E-state index is 0.202. The minimum atomic E-state index is -0.354. The van der Waals surface area contributed by atoms with Crippen LogP contribution < -0.4 is 5.32 Å². The molecule has 4 rings (SSSR count). The lowest BCUT2D eigenvalue weighted by atomic mass is 10.0. The van der Waals surface area contributed by atoms with E-state index in [9.17, 15) is 5.11 Å². The molecule has 0 fully saturated rings. The van der Waals surface area contributed by atoms with Crippen LogP contribution in [0.5, 0.6) is 0 Å². The Hall–Kier alpha value is -2.93. The van der Waals surface area contributed by atoms with Crippen molar-refractivity contribution < 1.29 is 5.11 Å². The van der Waals surface area contributed by atoms with Gasteiger partial charge in [0, 0.05) is 37.6 Å². The summed E-state index contributed by atoms with van der Waals surface area (Å²) in [6.45, 7) is 5.11. The van der Waals surface area contributed by atoms with Crippen molar-refractivity contribution in [2.24, 2.45) is 4.99 Å². The van der Waals surface area contributed by atoms with Crippen molar-refractivity contribution in [3.05, 3.63) is 65.9 Å². The number of hydrogen-bond donors (Lipinski definition) is 2. The van der Waals surface area contributed by atoms with Gasteiger partial charge in [0.05, 0.1) is 12.4 Å². The van der Waals surface area contributed by atoms with E-state index in [2.05, 4.69) is 51.7 Å². The number of nitrogens with one attached hydrogen (secondary N) is 1. The first-order valence-electron chi connectivity index (χ1n) is 10.1. The maximum atomic E-state index is 9.62. The lowest BCUT2D eigenvalue weighted by Gasteiger charge is -2.29. The number of allylic oxidation sites excluding steroid dienone is 1. The number of amidine groups is 1. The Morgan fingerprint density at radius 3 is 2.93 bits per heavy atom. The Kier molecular flexibility index (Phi) is 5.49. The van der Waals surface area contributed by atoms with Gasteiger partial charge in [-0.2, -0.15) is 0 Å². The van der Waals surface area contributed by atoms with Gasteiger partial charge in [-0.25, -0.2) is 9.98 Å². The topological polar surface area (TPSA) is 78.6 Å². The smallest absolute Gasteiger partial charge is 0.155 e. The maximum Gasteiger partial charge on any atom is 0.155 e. The van der Waals surface area contributed by atoms with Gasteiger partial charge in [0.2, 0.25) is 0 Å². The van der Waals surface area contributed by atoms with Crippen molar-refractivity contribution in [1.82, 2.24) is 19.4 Å². The highest BCUT2D eigenvalue weighted by atomic mass is 16.3. The normalized spacial score (nSPS) is 20.7. The van der Waals surface area contributed by atoms with Crippen molar-refractivity contribution in [1.29, 1.82) is 0 Å². The molecule has 0 bridgehead atoms. The lowest BCUT2D eigenvalue weighted by molar-refractivity contribution is 0.225. The SMILES string of the molecule is CC(C)n1cnc2c1NC(c1cccnc1)N=C2N(C)CCC1=CCC(O)C=C1. The first-order valence-corrected chi connectivity index (χ1v) is 10.1. The molecule has 2 aromatic heterocycles. The molecule has 2 aliphatic rings. The van der Waals surface area contributed by atoms with E-state index in [-0.39, 0.29) is 12.3 Å². The molecular weight excluding hydrogens is 364 g/mol. The molecule has 2 atom stereocenters. The van der Waals surface area contributed by atoms with Crippen LogP contribution in [-0.4, -0.2) is 50.1 Å². The maximum absolute atomic E-state index is 9.62. The van der Waals surface area contributed by atoms with Crippen molar-refractivity contribution in [3.8, 4) is 0 Å². The predicted molar refractivity (Wildman–Crippen MR) is 115 cm³/mol. The first-order chi connectivity index (χ1) is 14.0. The molecule has 0 aromatic carbocycles. The number of hydrogen-bond acceptors (Lipinski definition) is 6. The van der Waals surface area contributed by atoms with Crippen LogP contribution in [0, 0.1) is 0 Å². The third kappa shape index (κ3) is 4.10. The third-order valence-electron chi connectivity index (χ3n) is 5.34. The van der Waals surface area contributed by atoms with Gasteiger partial charge in [0.15, 0.2) is 5.84 Å². The number of aliphatic imine (C=N–C) groups is 1. The van der Waals surface area contributed by atoms with E-state index in [1.54, 1.807) is 6.20 Å². The lowest BCUT2D eigenvalue weighted by Crippen LogP contribution is -2.34. The molecule has 29 heavy (non-hydrogen) atoms. The second-order valence-corrected chi connectivity index (χ2v) is 7.84. The van der Waals surface area contributed by atoms with Gasteiger partial charge in [-0.15, -0.1) is 0 Å². The van der Waals surface area contributed by atoms with E-state index in [1.165, 1.54) is 5.57 Å². The number of imidazole rings is 1. The number of fused-ring (bicyclic) bond motifs is 1. The Bertz CT molecular complexity index is 943. The molecule has 152 valence electrons. The second-order valence-electron chi connectivity index (χ2n) is 7.84. The van der Waals surface area contributed by atoms with Crippen LogP contribution in [0.3, 0.4) is 0 Å². The summed E-state index contributed by atoms with van der Waals surface area (Å²) in [6, 6.07) is 4.26. The molecule has 0 saturated carbocycles. The fourth-order valence-corrected chi connectivity index (χ4v) is 3.62. The molecule has 0 spiro atoms. The summed E-state index contributed by atoms with van der Waals surface area (Å²) in [5.74, 6) is 1.87. The number of rotatable bonds is 5. The average molecular weight is 393 g/mol. The summed E-state index contributed by atoms with van der Waals surface area (Å²) in [7, 11) is 2.06. The van der Waals surface area contributed by atoms with Gasteiger partial charge in [0.25, 0.3) is 0 Å². The third-order valence-corrected chi connectivity index (χ3v) is 5.34. The van der Waals surface area contributed by atoms with Crippen LogP contribution in [0.4, 0.5) is 5.82 Å². The molecule has 3 heterocycles. The highest BCUT2D eigenvalue weighted by Gasteiger charge is 2.28. The minimum Gasteiger partial charge on any atom is -0.389 e. The number of aromatic nitrogens is 3. The molecule has 1 aliphatic carbocycles. The van der Waals surface area contributed by atoms with Crippen molar-refractivity contribution in [3.63, 3.8) is 0 Å². The van der Waals surface area contributed by atoms with Crippen LogP contribution >= 0.6 is 0 Å². The quantitative estimate of drug-likeness (QED) is 0.816. The first kappa shape index (κ1) is 19.4. The average Bonchev–Trinajstić information content (AvgIpc) is 3.17. The molecule has 1 aliphatic heterocycles. The van der Waals surface area contributed by atoms with Gasteiger partial charge in [-0.3, -0.25) is 4.98 Å². The Labute approximate surface area is 171 Å². The van der Waals surface area contributed by atoms with Crippen molar-refractivity contribution >= 4 is 11.7 Å². The Morgan fingerprint density at radius 2 is 2.24 bits per heavy atom. The summed E-state index contributed by atoms with van der Waals surface area (Å²) in [4.78, 5) is 16.1. The summed E-state index contributed by atoms with van der Waals surface area (Å²) >= 11 is 0. The molecule has 2 unspecified atom stereocenters. The predicted octanol–water partition coefficient (Wildman–Crippen LogP) is 3.30. The van der Waals surface area contributed by atoms with Gasteiger partial charge in [-0.05, 0) is 32.8 Å². The number of aliphatic hydroxyl groups excluding tert-OH is 1. The molecular formula is C22H28N6O. The van der Waals surface area contributed by atoms with Crippen LogP contribution in [0.15, 0.2) is 59.6 Å². The standard InChI is InChI=1S/C22H28N6O/c1-15(2)28-14-24-19-21(27(3)12-10-16-6-8-18(29)9-7-16)25-20(26-22(19)28)17-5-4-11-23-13-17/h4-8,11,13-15,18,20,26,29H,9-10,12H2,1-3H3. The molecule has 7 heteroatoms. The highest BCUT2D eigenvalue weighted by molar-refractivity contribution is 6.02. The zero-order chi connectivity index (χ0) is 20.4. The summed E-state index contributed by atoms with van der Waals surface area (Å²) in [5, 5.41) is 13.2. The van der Waals surface area contributed by atoms with Gasteiger partial charge in [-0.1, -0.05) is 29.9 Å². The van der Waals surface area contributed by atoms with E-state index in [0.29, 0.717) is 12.5 Å². The summed E-state index contributed by atoms with van der Waals surface area (Å²) in [6.07, 6.45) is 12.5. The number of pyridine rings is 1. The number of nitrogens with zero attached hydrogens (tertiary/aromatic N) is 5. The van der Waals surface area contributed by atoms with Gasteiger partial charge >= 0.3 is 0 Å². The zero-order valence-electron chi connectivity index (χ0n) is 17.2. The van der Waals surface area contributed by atoms with Crippen LogP contribution in [0.2, 0.25) is 0 Å². The second kappa shape index (κ2) is 8.21. The van der Waals surface area contributed by atoms with E-state index in [4.69, 9.17) is 4.99 Å². The fourth-order valence-electron chi connectivity index (χ4n) is 3.62. The van der Waals surface area contributed by atoms with E-state index in [0.717, 1.165) is 35.9 Å². The Morgan fingerprint density at radius 1 is 1.38 bits per heavy atom. The van der Waals surface area contributed by atoms with E-state index < -0.39 is 0 Å². The van der Waals surface area contributed by atoms with Crippen molar-refractivity contribution in [2.45, 2.75) is 45.0 Å². The van der Waals surface area contributed by atoms with Crippen molar-refractivity contribution in [2.75, 3.05) is 18.9 Å². The molecule has 2 aromatic rings. The molecule has 0 amide bonds.